The van der Waals surface area contributed by atoms with Crippen LogP contribution in [0.4, 0.5) is 0 Å². The lowest BCUT2D eigenvalue weighted by Gasteiger charge is -2.31. The zero-order valence-corrected chi connectivity index (χ0v) is 17.4. The van der Waals surface area contributed by atoms with Crippen LogP contribution in [0.5, 0.6) is 11.5 Å². The second-order valence-electron chi connectivity index (χ2n) is 6.33. The van der Waals surface area contributed by atoms with Crippen LogP contribution in [0.3, 0.4) is 0 Å². The van der Waals surface area contributed by atoms with Crippen molar-refractivity contribution in [1.29, 1.82) is 10.5 Å². The van der Waals surface area contributed by atoms with Gasteiger partial charge in [-0.05, 0) is 29.7 Å². The van der Waals surface area contributed by atoms with E-state index in [-0.39, 0.29) is 5.84 Å². The van der Waals surface area contributed by atoms with E-state index >= 15 is 0 Å². The molecule has 0 saturated heterocycles. The molecule has 27 heavy (non-hydrogen) atoms. The number of fused-ring (bicyclic) bond motifs is 1. The van der Waals surface area contributed by atoms with Crippen LogP contribution in [0.15, 0.2) is 23.2 Å². The normalized spacial score (nSPS) is 29.9. The van der Waals surface area contributed by atoms with Gasteiger partial charge in [-0.1, -0.05) is 13.8 Å². The summed E-state index contributed by atoms with van der Waals surface area (Å²) < 4.78 is 10.1. The number of nitrogens with zero attached hydrogens (tertiary/aromatic N) is 3. The lowest BCUT2D eigenvalue weighted by atomic mass is 9.97. The van der Waals surface area contributed by atoms with Gasteiger partial charge in [0.2, 0.25) is 0 Å². The second kappa shape index (κ2) is 6.85. The van der Waals surface area contributed by atoms with Crippen molar-refractivity contribution in [2.24, 2.45) is 21.6 Å². The molecule has 8 heteroatoms. The fourth-order valence-electron chi connectivity index (χ4n) is 4.28. The van der Waals surface area contributed by atoms with Gasteiger partial charge >= 0.3 is 0 Å². The monoisotopic (exact) mass is 402 g/mol. The molecule has 1 aromatic carbocycles. The number of methoxy groups -OCH3 is 2. The molecule has 1 aliphatic carbocycles. The zero-order chi connectivity index (χ0) is 19.9. The predicted molar refractivity (Wildman–Crippen MR) is 109 cm³/mol. The average molecular weight is 403 g/mol. The van der Waals surface area contributed by atoms with Gasteiger partial charge in [-0.3, -0.25) is 0 Å². The molecule has 1 saturated carbocycles. The molecule has 0 amide bonds. The summed E-state index contributed by atoms with van der Waals surface area (Å²) >= 11 is 3.15. The van der Waals surface area contributed by atoms with E-state index in [1.807, 2.05) is 19.9 Å². The fraction of sp³-hybridized carbons (Fsp3) is 0.526. The standard InChI is InChI=1S/C19H22N4O2S2/c1-5-26-19(27-6-2)18(11-21)15(17(18,10-20)16(22)23-19)13-9-12(24-3)7-8-14(13)25-4/h7-9,15H,5-6H2,1-4H3,(H2,22,23). The second-order valence-corrected chi connectivity index (χ2v) is 9.50. The molecule has 3 unspecified atom stereocenters. The Bertz CT molecular complexity index is 869. The number of amidine groups is 1. The third-order valence-electron chi connectivity index (χ3n) is 5.36. The van der Waals surface area contributed by atoms with E-state index in [0.717, 1.165) is 17.1 Å². The van der Waals surface area contributed by atoms with Crippen LogP contribution in [0, 0.1) is 33.5 Å². The largest absolute Gasteiger partial charge is 0.497 e. The Morgan fingerprint density at radius 1 is 1.15 bits per heavy atom. The lowest BCUT2D eigenvalue weighted by Crippen LogP contribution is -2.31. The van der Waals surface area contributed by atoms with Gasteiger partial charge in [0.05, 0.1) is 26.4 Å². The molecule has 2 aliphatic rings. The number of ether oxygens (including phenoxy) is 2. The molecule has 1 fully saturated rings. The molecule has 0 radical (unpaired) electrons. The summed E-state index contributed by atoms with van der Waals surface area (Å²) in [6, 6.07) is 10.3. The van der Waals surface area contributed by atoms with Gasteiger partial charge in [-0.15, -0.1) is 23.5 Å². The van der Waals surface area contributed by atoms with Crippen molar-refractivity contribution in [1.82, 2.24) is 0 Å². The molecule has 0 bridgehead atoms. The van der Waals surface area contributed by atoms with Crippen LogP contribution in [0.2, 0.25) is 0 Å². The van der Waals surface area contributed by atoms with Crippen LogP contribution >= 0.6 is 23.5 Å². The minimum absolute atomic E-state index is 0.239. The first kappa shape index (κ1) is 19.7. The van der Waals surface area contributed by atoms with Gasteiger partial charge < -0.3 is 15.2 Å². The summed E-state index contributed by atoms with van der Waals surface area (Å²) in [7, 11) is 3.16. The highest BCUT2D eigenvalue weighted by Crippen LogP contribution is 2.86. The minimum atomic E-state index is -1.16. The Balaban J connectivity index is 2.27. The third kappa shape index (κ3) is 2.23. The molecule has 0 aromatic heterocycles. The SMILES string of the molecule is CCSC1(SCC)N=C(N)C2(C#N)C(c3cc(OC)ccc3OC)C12C#N. The minimum Gasteiger partial charge on any atom is -0.497 e. The van der Waals surface area contributed by atoms with Gasteiger partial charge in [-0.25, -0.2) is 4.99 Å². The summed E-state index contributed by atoms with van der Waals surface area (Å²) in [5.41, 5.74) is 4.87. The predicted octanol–water partition coefficient (Wildman–Crippen LogP) is 3.35. The van der Waals surface area contributed by atoms with Crippen LogP contribution in [0.25, 0.3) is 0 Å². The van der Waals surface area contributed by atoms with Crippen molar-refractivity contribution in [2.75, 3.05) is 25.7 Å². The van der Waals surface area contributed by atoms with Crippen molar-refractivity contribution in [2.45, 2.75) is 24.0 Å². The quantitative estimate of drug-likeness (QED) is 0.697. The maximum atomic E-state index is 10.4. The highest BCUT2D eigenvalue weighted by atomic mass is 32.2. The number of rotatable bonds is 7. The van der Waals surface area contributed by atoms with Gasteiger partial charge in [0, 0.05) is 11.5 Å². The van der Waals surface area contributed by atoms with E-state index in [2.05, 4.69) is 12.1 Å². The topological polar surface area (TPSA) is 104 Å². The summed E-state index contributed by atoms with van der Waals surface area (Å²) in [4.78, 5) is 4.69. The number of nitrogens with two attached hydrogens (primary N) is 1. The Labute approximate surface area is 168 Å². The Morgan fingerprint density at radius 2 is 1.81 bits per heavy atom. The Kier molecular flexibility index (Phi) is 5.00. The maximum Gasteiger partial charge on any atom is 0.175 e. The maximum absolute atomic E-state index is 10.4. The van der Waals surface area contributed by atoms with Crippen molar-refractivity contribution in [3.63, 3.8) is 0 Å². The highest BCUT2D eigenvalue weighted by molar-refractivity contribution is 8.18. The van der Waals surface area contributed by atoms with E-state index < -0.39 is 21.0 Å². The first-order chi connectivity index (χ1) is 13.0. The highest BCUT2D eigenvalue weighted by Gasteiger charge is 2.92. The molecule has 1 aliphatic heterocycles. The molecule has 0 spiro atoms. The van der Waals surface area contributed by atoms with Crippen LogP contribution in [-0.2, 0) is 0 Å². The number of hydrogen-bond donors (Lipinski definition) is 1. The van der Waals surface area contributed by atoms with Crippen molar-refractivity contribution >= 4 is 29.4 Å². The first-order valence-corrected chi connectivity index (χ1v) is 10.6. The number of benzene rings is 1. The van der Waals surface area contributed by atoms with Crippen molar-refractivity contribution in [3.8, 4) is 23.6 Å². The molecule has 3 rings (SSSR count). The summed E-state index contributed by atoms with van der Waals surface area (Å²) in [5.74, 6) is 2.59. The van der Waals surface area contributed by atoms with E-state index in [1.165, 1.54) is 0 Å². The van der Waals surface area contributed by atoms with Gasteiger partial charge in [-0.2, -0.15) is 10.5 Å². The van der Waals surface area contributed by atoms with Gasteiger partial charge in [0.1, 0.15) is 28.2 Å². The Hall–Kier alpha value is -2.03. The van der Waals surface area contributed by atoms with E-state index in [4.69, 9.17) is 20.2 Å². The molecular weight excluding hydrogens is 380 g/mol. The van der Waals surface area contributed by atoms with Crippen molar-refractivity contribution < 1.29 is 9.47 Å². The summed E-state index contributed by atoms with van der Waals surface area (Å²) in [5, 5.41) is 20.5. The van der Waals surface area contributed by atoms with E-state index in [1.54, 1.807) is 49.9 Å². The molecular formula is C19H22N4O2S2. The number of thioether (sulfide) groups is 2. The van der Waals surface area contributed by atoms with Crippen molar-refractivity contribution in [3.05, 3.63) is 23.8 Å². The van der Waals surface area contributed by atoms with Crippen LogP contribution in [0.1, 0.15) is 25.3 Å². The number of nitriles is 2. The van der Waals surface area contributed by atoms with E-state index in [0.29, 0.717) is 11.5 Å². The smallest absolute Gasteiger partial charge is 0.175 e. The zero-order valence-electron chi connectivity index (χ0n) is 15.8. The van der Waals surface area contributed by atoms with Gasteiger partial charge in [0.25, 0.3) is 0 Å². The fourth-order valence-corrected chi connectivity index (χ4v) is 7.53. The average Bonchev–Trinajstić information content (AvgIpc) is 3.26. The third-order valence-corrected chi connectivity index (χ3v) is 8.25. The lowest BCUT2D eigenvalue weighted by molar-refractivity contribution is 0.397. The molecule has 3 atom stereocenters. The van der Waals surface area contributed by atoms with Crippen LogP contribution in [-0.4, -0.2) is 35.8 Å². The molecule has 6 nitrogen and oxygen atoms in total. The molecule has 142 valence electrons. The summed E-state index contributed by atoms with van der Waals surface area (Å²) in [6.45, 7) is 4.05. The Morgan fingerprint density at radius 3 is 2.30 bits per heavy atom. The number of aliphatic imine (C=N–C) groups is 1. The molecule has 1 heterocycles. The molecule has 1 aromatic rings. The number of hydrogen-bond acceptors (Lipinski definition) is 8. The molecule has 2 N–H and O–H groups in total. The first-order valence-electron chi connectivity index (χ1n) is 8.66. The summed E-state index contributed by atoms with van der Waals surface area (Å²) in [6.07, 6.45) is 0. The van der Waals surface area contributed by atoms with Gasteiger partial charge in [0.15, 0.2) is 4.20 Å². The van der Waals surface area contributed by atoms with E-state index in [9.17, 15) is 10.5 Å². The van der Waals surface area contributed by atoms with Crippen LogP contribution < -0.4 is 15.2 Å².